The van der Waals surface area contributed by atoms with Crippen LogP contribution in [0, 0.1) is 22.6 Å². The molecule has 0 heterocycles. The molecule has 1 aromatic carbocycles. The van der Waals surface area contributed by atoms with Gasteiger partial charge in [0.1, 0.15) is 5.82 Å². The number of fused-ring (bicyclic) bond motifs is 2. The molecule has 20 heavy (non-hydrogen) atoms. The van der Waals surface area contributed by atoms with Gasteiger partial charge >= 0.3 is 0 Å². The molecular formula is C18H26FN. The number of nitrogens with one attached hydrogen (secondary N) is 1. The molecule has 2 fully saturated rings. The first-order chi connectivity index (χ1) is 9.33. The third kappa shape index (κ3) is 2.09. The minimum absolute atomic E-state index is 0.159. The van der Waals surface area contributed by atoms with Gasteiger partial charge in [-0.25, -0.2) is 4.39 Å². The van der Waals surface area contributed by atoms with Crippen LogP contribution in [0.25, 0.3) is 0 Å². The van der Waals surface area contributed by atoms with E-state index < -0.39 is 0 Å². The van der Waals surface area contributed by atoms with Crippen molar-refractivity contribution in [2.24, 2.45) is 16.7 Å². The fraction of sp³-hybridized carbons (Fsp3) is 0.667. The van der Waals surface area contributed by atoms with E-state index in [1.807, 2.05) is 12.1 Å². The van der Waals surface area contributed by atoms with Gasteiger partial charge in [0, 0.05) is 12.1 Å². The molecular weight excluding hydrogens is 249 g/mol. The van der Waals surface area contributed by atoms with Gasteiger partial charge in [0.2, 0.25) is 0 Å². The summed E-state index contributed by atoms with van der Waals surface area (Å²) in [4.78, 5) is 0. The Morgan fingerprint density at radius 2 is 1.85 bits per heavy atom. The average Bonchev–Trinajstić information content (AvgIpc) is 2.86. The molecule has 2 bridgehead atoms. The molecule has 0 spiro atoms. The lowest BCUT2D eigenvalue weighted by Crippen LogP contribution is -2.50. The van der Waals surface area contributed by atoms with Gasteiger partial charge in [0.15, 0.2) is 0 Å². The molecule has 0 amide bonds. The summed E-state index contributed by atoms with van der Waals surface area (Å²) in [6.45, 7) is 9.46. The Kier molecular flexibility index (Phi) is 3.20. The first kappa shape index (κ1) is 14.1. The second-order valence-corrected chi connectivity index (χ2v) is 7.79. The van der Waals surface area contributed by atoms with E-state index in [1.54, 1.807) is 12.1 Å². The van der Waals surface area contributed by atoms with E-state index in [0.717, 1.165) is 5.92 Å². The average molecular weight is 275 g/mol. The Morgan fingerprint density at radius 1 is 1.20 bits per heavy atom. The van der Waals surface area contributed by atoms with Gasteiger partial charge in [0.05, 0.1) is 0 Å². The van der Waals surface area contributed by atoms with Crippen molar-refractivity contribution in [3.63, 3.8) is 0 Å². The molecule has 0 aromatic heterocycles. The normalized spacial score (nSPS) is 36.2. The van der Waals surface area contributed by atoms with E-state index in [2.05, 4.69) is 33.0 Å². The van der Waals surface area contributed by atoms with Gasteiger partial charge in [-0.15, -0.1) is 0 Å². The lowest BCUT2D eigenvalue weighted by atomic mass is 9.68. The summed E-state index contributed by atoms with van der Waals surface area (Å²) in [5, 5.41) is 3.85. The van der Waals surface area contributed by atoms with Gasteiger partial charge in [-0.1, -0.05) is 32.9 Å². The topological polar surface area (TPSA) is 12.0 Å². The summed E-state index contributed by atoms with van der Waals surface area (Å²) in [7, 11) is 0. The second-order valence-electron chi connectivity index (χ2n) is 7.79. The molecule has 2 saturated carbocycles. The van der Waals surface area contributed by atoms with Crippen LogP contribution in [-0.2, 0) is 0 Å². The number of hydrogen-bond donors (Lipinski definition) is 1. The molecule has 3 rings (SSSR count). The van der Waals surface area contributed by atoms with E-state index in [0.29, 0.717) is 16.9 Å². The van der Waals surface area contributed by atoms with Crippen molar-refractivity contribution in [3.8, 4) is 0 Å². The molecule has 2 heteroatoms. The maximum absolute atomic E-state index is 13.0. The Bertz CT molecular complexity index is 488. The minimum atomic E-state index is -0.159. The first-order valence-electron chi connectivity index (χ1n) is 7.84. The van der Waals surface area contributed by atoms with Crippen LogP contribution in [0.5, 0.6) is 0 Å². The largest absolute Gasteiger partial charge is 0.306 e. The molecule has 2 aliphatic rings. The number of rotatable bonds is 3. The van der Waals surface area contributed by atoms with Gasteiger partial charge in [0.25, 0.3) is 0 Å². The predicted octanol–water partition coefficient (Wildman–Crippen LogP) is 4.69. The molecule has 110 valence electrons. The summed E-state index contributed by atoms with van der Waals surface area (Å²) < 4.78 is 13.0. The second kappa shape index (κ2) is 4.56. The van der Waals surface area contributed by atoms with Gasteiger partial charge in [-0.2, -0.15) is 0 Å². The third-order valence-corrected chi connectivity index (χ3v) is 6.06. The van der Waals surface area contributed by atoms with Crippen LogP contribution in [0.4, 0.5) is 4.39 Å². The minimum Gasteiger partial charge on any atom is -0.306 e. The van der Waals surface area contributed by atoms with Crippen LogP contribution in [0.15, 0.2) is 24.3 Å². The molecule has 0 aliphatic heterocycles. The highest BCUT2D eigenvalue weighted by molar-refractivity contribution is 5.21. The van der Waals surface area contributed by atoms with Crippen LogP contribution >= 0.6 is 0 Å². The quantitative estimate of drug-likeness (QED) is 0.843. The lowest BCUT2D eigenvalue weighted by Gasteiger charge is -2.44. The Balaban J connectivity index is 1.78. The molecule has 1 N–H and O–H groups in total. The molecule has 0 radical (unpaired) electrons. The van der Waals surface area contributed by atoms with Crippen molar-refractivity contribution in [2.45, 2.75) is 59.0 Å². The van der Waals surface area contributed by atoms with E-state index in [1.165, 1.54) is 24.8 Å². The first-order valence-corrected chi connectivity index (χ1v) is 7.84. The lowest BCUT2D eigenvalue weighted by molar-refractivity contribution is 0.100. The Labute approximate surface area is 122 Å². The summed E-state index contributed by atoms with van der Waals surface area (Å²) in [6, 6.07) is 7.73. The molecule has 1 nitrogen and oxygen atoms in total. The van der Waals surface area contributed by atoms with Gasteiger partial charge < -0.3 is 5.32 Å². The fourth-order valence-electron chi connectivity index (χ4n) is 4.82. The third-order valence-electron chi connectivity index (χ3n) is 6.06. The zero-order valence-electron chi connectivity index (χ0n) is 13.0. The standard InChI is InChI=1S/C18H26FN/c1-12(13-5-7-15(19)8-6-13)20-16-17(2,3)14-9-10-18(16,4)11-14/h5-8,12,14,16,20H,9-11H2,1-4H3/t12-,14-,16?,18+/m0/s1. The van der Waals surface area contributed by atoms with E-state index >= 15 is 0 Å². The molecule has 1 aromatic rings. The monoisotopic (exact) mass is 275 g/mol. The van der Waals surface area contributed by atoms with Gasteiger partial charge in [-0.3, -0.25) is 0 Å². The van der Waals surface area contributed by atoms with Crippen LogP contribution in [0.3, 0.4) is 0 Å². The Hall–Kier alpha value is -0.890. The van der Waals surface area contributed by atoms with Crippen LogP contribution < -0.4 is 5.32 Å². The van der Waals surface area contributed by atoms with Crippen molar-refractivity contribution < 1.29 is 4.39 Å². The maximum atomic E-state index is 13.0. The van der Waals surface area contributed by atoms with E-state index in [9.17, 15) is 4.39 Å². The predicted molar refractivity (Wildman–Crippen MR) is 81.0 cm³/mol. The number of halogens is 1. The zero-order chi connectivity index (χ0) is 14.5. The molecule has 1 unspecified atom stereocenters. The molecule has 0 saturated heterocycles. The van der Waals surface area contributed by atoms with Crippen LogP contribution in [0.1, 0.15) is 58.6 Å². The maximum Gasteiger partial charge on any atom is 0.123 e. The summed E-state index contributed by atoms with van der Waals surface area (Å²) >= 11 is 0. The number of benzene rings is 1. The van der Waals surface area contributed by atoms with Crippen molar-refractivity contribution >= 4 is 0 Å². The molecule has 4 atom stereocenters. The van der Waals surface area contributed by atoms with Crippen molar-refractivity contribution in [1.82, 2.24) is 5.32 Å². The van der Waals surface area contributed by atoms with Crippen molar-refractivity contribution in [1.29, 1.82) is 0 Å². The van der Waals surface area contributed by atoms with Crippen molar-refractivity contribution in [3.05, 3.63) is 35.6 Å². The highest BCUT2D eigenvalue weighted by Crippen LogP contribution is 2.62. The summed E-state index contributed by atoms with van der Waals surface area (Å²) in [6.07, 6.45) is 4.08. The van der Waals surface area contributed by atoms with Crippen molar-refractivity contribution in [2.75, 3.05) is 0 Å². The Morgan fingerprint density at radius 3 is 2.40 bits per heavy atom. The number of hydrogen-bond acceptors (Lipinski definition) is 1. The van der Waals surface area contributed by atoms with E-state index in [4.69, 9.17) is 0 Å². The van der Waals surface area contributed by atoms with Crippen LogP contribution in [0.2, 0.25) is 0 Å². The highest BCUT2D eigenvalue weighted by atomic mass is 19.1. The summed E-state index contributed by atoms with van der Waals surface area (Å²) in [5.41, 5.74) is 1.97. The fourth-order valence-corrected chi connectivity index (χ4v) is 4.82. The molecule has 2 aliphatic carbocycles. The zero-order valence-corrected chi connectivity index (χ0v) is 13.0. The SMILES string of the molecule is C[C@H](NC1C(C)(C)[C@H]2CC[C@]1(C)C2)c1ccc(F)cc1. The summed E-state index contributed by atoms with van der Waals surface area (Å²) in [5.74, 6) is 0.693. The van der Waals surface area contributed by atoms with E-state index in [-0.39, 0.29) is 11.9 Å². The van der Waals surface area contributed by atoms with Gasteiger partial charge in [-0.05, 0) is 60.6 Å². The highest BCUT2D eigenvalue weighted by Gasteiger charge is 2.59. The van der Waals surface area contributed by atoms with Crippen LogP contribution in [-0.4, -0.2) is 6.04 Å². The smallest absolute Gasteiger partial charge is 0.123 e.